The van der Waals surface area contributed by atoms with Crippen LogP contribution in [0.4, 0.5) is 0 Å². The molecule has 2 aromatic carbocycles. The van der Waals surface area contributed by atoms with Crippen LogP contribution in [-0.4, -0.2) is 32.1 Å². The Balaban J connectivity index is 1.79. The molecule has 0 atom stereocenters. The van der Waals surface area contributed by atoms with E-state index in [1.807, 2.05) is 24.3 Å². The molecule has 0 aliphatic carbocycles. The van der Waals surface area contributed by atoms with Gasteiger partial charge in [0.1, 0.15) is 12.4 Å². The molecule has 5 nitrogen and oxygen atoms in total. The van der Waals surface area contributed by atoms with Crippen molar-refractivity contribution in [2.24, 2.45) is 0 Å². The van der Waals surface area contributed by atoms with Crippen LogP contribution in [0.1, 0.15) is 47.1 Å². The van der Waals surface area contributed by atoms with Gasteiger partial charge < -0.3 is 14.8 Å². The summed E-state index contributed by atoms with van der Waals surface area (Å²) in [7, 11) is 1.34. The summed E-state index contributed by atoms with van der Waals surface area (Å²) in [5.41, 5.74) is 2.34. The topological polar surface area (TPSA) is 64.6 Å². The Labute approximate surface area is 154 Å². The number of rotatable bonds is 6. The number of nitrogens with one attached hydrogen (secondary N) is 1. The second kappa shape index (κ2) is 8.52. The van der Waals surface area contributed by atoms with Crippen molar-refractivity contribution in [3.05, 3.63) is 65.2 Å². The highest BCUT2D eigenvalue weighted by Gasteiger charge is 2.14. The second-order valence-corrected chi connectivity index (χ2v) is 6.95. The van der Waals surface area contributed by atoms with Gasteiger partial charge in [0.15, 0.2) is 0 Å². The monoisotopic (exact) mass is 355 g/mol. The van der Waals surface area contributed by atoms with E-state index in [4.69, 9.17) is 4.74 Å². The molecule has 0 spiro atoms. The fourth-order valence-electron chi connectivity index (χ4n) is 2.36. The van der Waals surface area contributed by atoms with Gasteiger partial charge in [-0.2, -0.15) is 0 Å². The Hall–Kier alpha value is -2.82. The molecule has 0 aliphatic heterocycles. The third-order valence-electron chi connectivity index (χ3n) is 3.94. The Kier molecular flexibility index (Phi) is 6.39. The quantitative estimate of drug-likeness (QED) is 0.635. The van der Waals surface area contributed by atoms with Crippen LogP contribution in [0.5, 0.6) is 5.75 Å². The number of ether oxygens (including phenoxy) is 2. The Morgan fingerprint density at radius 2 is 1.50 bits per heavy atom. The highest BCUT2D eigenvalue weighted by atomic mass is 16.5. The number of carbonyl (C=O) groups excluding carboxylic acids is 2. The second-order valence-electron chi connectivity index (χ2n) is 6.95. The van der Waals surface area contributed by atoms with Gasteiger partial charge in [-0.3, -0.25) is 4.79 Å². The van der Waals surface area contributed by atoms with Gasteiger partial charge in [0, 0.05) is 5.56 Å². The van der Waals surface area contributed by atoms with Crippen LogP contribution >= 0.6 is 0 Å². The van der Waals surface area contributed by atoms with Crippen LogP contribution in [0.3, 0.4) is 0 Å². The first-order valence-electron chi connectivity index (χ1n) is 8.51. The molecular weight excluding hydrogens is 330 g/mol. The number of hydrogen-bond donors (Lipinski definition) is 1. The van der Waals surface area contributed by atoms with Crippen molar-refractivity contribution < 1.29 is 19.1 Å². The Morgan fingerprint density at radius 1 is 0.923 bits per heavy atom. The number of amides is 1. The van der Waals surface area contributed by atoms with Gasteiger partial charge in [0.2, 0.25) is 0 Å². The van der Waals surface area contributed by atoms with Gasteiger partial charge in [-0.1, -0.05) is 32.9 Å². The fraction of sp³-hybridized carbons (Fsp3) is 0.333. The standard InChI is InChI=1S/C21H25NO4/c1-21(2,3)17-9-5-15(6-10-17)19(23)22-13-14-26-18-11-7-16(8-12-18)20(24)25-4/h5-12H,13-14H2,1-4H3,(H,22,23). The Bertz CT molecular complexity index is 743. The molecule has 0 bridgehead atoms. The van der Waals surface area contributed by atoms with E-state index < -0.39 is 0 Å². The highest BCUT2D eigenvalue weighted by molar-refractivity contribution is 5.94. The molecule has 0 unspecified atom stereocenters. The minimum atomic E-state index is -0.388. The van der Waals surface area contributed by atoms with Crippen molar-refractivity contribution >= 4 is 11.9 Å². The third-order valence-corrected chi connectivity index (χ3v) is 3.94. The average Bonchev–Trinajstić information content (AvgIpc) is 2.64. The first-order valence-corrected chi connectivity index (χ1v) is 8.51. The molecule has 0 saturated heterocycles. The first-order chi connectivity index (χ1) is 12.3. The van der Waals surface area contributed by atoms with Crippen LogP contribution in [0.25, 0.3) is 0 Å². The first kappa shape index (κ1) is 19.5. The summed E-state index contributed by atoms with van der Waals surface area (Å²) < 4.78 is 10.2. The SMILES string of the molecule is COC(=O)c1ccc(OCCNC(=O)c2ccc(C(C)(C)C)cc2)cc1. The Morgan fingerprint density at radius 3 is 2.04 bits per heavy atom. The van der Waals surface area contributed by atoms with Gasteiger partial charge in [0.25, 0.3) is 5.91 Å². The summed E-state index contributed by atoms with van der Waals surface area (Å²) in [6, 6.07) is 14.3. The lowest BCUT2D eigenvalue weighted by Gasteiger charge is -2.19. The lowest BCUT2D eigenvalue weighted by atomic mass is 9.87. The number of carbonyl (C=O) groups is 2. The van der Waals surface area contributed by atoms with E-state index in [1.165, 1.54) is 12.7 Å². The summed E-state index contributed by atoms with van der Waals surface area (Å²) in [6.07, 6.45) is 0. The zero-order chi connectivity index (χ0) is 19.2. The van der Waals surface area contributed by atoms with Crippen LogP contribution in [-0.2, 0) is 10.2 Å². The molecule has 0 aliphatic rings. The van der Waals surface area contributed by atoms with E-state index in [0.717, 1.165) is 0 Å². The summed E-state index contributed by atoms with van der Waals surface area (Å²) >= 11 is 0. The molecule has 26 heavy (non-hydrogen) atoms. The molecule has 2 aromatic rings. The molecule has 138 valence electrons. The zero-order valence-electron chi connectivity index (χ0n) is 15.7. The number of methoxy groups -OCH3 is 1. The normalized spacial score (nSPS) is 10.9. The number of benzene rings is 2. The van der Waals surface area contributed by atoms with Crippen molar-refractivity contribution in [3.63, 3.8) is 0 Å². The van der Waals surface area contributed by atoms with Gasteiger partial charge in [-0.15, -0.1) is 0 Å². The summed E-state index contributed by atoms with van der Waals surface area (Å²) in [5, 5.41) is 2.83. The van der Waals surface area contributed by atoms with Crippen LogP contribution in [0, 0.1) is 0 Å². The maximum absolute atomic E-state index is 12.2. The average molecular weight is 355 g/mol. The van der Waals surface area contributed by atoms with E-state index in [1.54, 1.807) is 24.3 Å². The van der Waals surface area contributed by atoms with Crippen molar-refractivity contribution in [1.29, 1.82) is 0 Å². The van der Waals surface area contributed by atoms with Crippen molar-refractivity contribution in [3.8, 4) is 5.75 Å². The molecule has 1 N–H and O–H groups in total. The minimum Gasteiger partial charge on any atom is -0.492 e. The van der Waals surface area contributed by atoms with Crippen molar-refractivity contribution in [2.45, 2.75) is 26.2 Å². The summed E-state index contributed by atoms with van der Waals surface area (Å²) in [5.74, 6) is 0.109. The van der Waals surface area contributed by atoms with Crippen LogP contribution in [0.15, 0.2) is 48.5 Å². The predicted molar refractivity (Wildman–Crippen MR) is 101 cm³/mol. The van der Waals surface area contributed by atoms with Crippen LogP contribution < -0.4 is 10.1 Å². The third kappa shape index (κ3) is 5.34. The van der Waals surface area contributed by atoms with Crippen molar-refractivity contribution in [2.75, 3.05) is 20.3 Å². The van der Waals surface area contributed by atoms with E-state index in [-0.39, 0.29) is 17.3 Å². The minimum absolute atomic E-state index is 0.0618. The largest absolute Gasteiger partial charge is 0.492 e. The van der Waals surface area contributed by atoms with E-state index in [2.05, 4.69) is 30.8 Å². The maximum Gasteiger partial charge on any atom is 0.337 e. The molecular formula is C21H25NO4. The fourth-order valence-corrected chi connectivity index (χ4v) is 2.36. The molecule has 2 rings (SSSR count). The van der Waals surface area contributed by atoms with Crippen molar-refractivity contribution in [1.82, 2.24) is 5.32 Å². The number of esters is 1. The molecule has 1 amide bonds. The van der Waals surface area contributed by atoms with E-state index >= 15 is 0 Å². The molecule has 0 aromatic heterocycles. The predicted octanol–water partition coefficient (Wildman–Crippen LogP) is 3.58. The highest BCUT2D eigenvalue weighted by Crippen LogP contribution is 2.22. The smallest absolute Gasteiger partial charge is 0.337 e. The van der Waals surface area contributed by atoms with Gasteiger partial charge in [-0.05, 0) is 47.4 Å². The molecule has 5 heteroatoms. The van der Waals surface area contributed by atoms with Gasteiger partial charge >= 0.3 is 5.97 Å². The van der Waals surface area contributed by atoms with Gasteiger partial charge in [0.05, 0.1) is 19.2 Å². The van der Waals surface area contributed by atoms with Gasteiger partial charge in [-0.25, -0.2) is 4.79 Å². The molecule has 0 fully saturated rings. The lowest BCUT2D eigenvalue weighted by molar-refractivity contribution is 0.0600. The molecule has 0 radical (unpaired) electrons. The van der Waals surface area contributed by atoms with Crippen LogP contribution in [0.2, 0.25) is 0 Å². The summed E-state index contributed by atoms with van der Waals surface area (Å²) in [6.45, 7) is 7.13. The molecule has 0 saturated carbocycles. The maximum atomic E-state index is 12.2. The molecule has 0 heterocycles. The van der Waals surface area contributed by atoms with E-state index in [9.17, 15) is 9.59 Å². The number of hydrogen-bond acceptors (Lipinski definition) is 4. The lowest BCUT2D eigenvalue weighted by Crippen LogP contribution is -2.28. The summed E-state index contributed by atoms with van der Waals surface area (Å²) in [4.78, 5) is 23.5. The zero-order valence-corrected chi connectivity index (χ0v) is 15.7. The van der Waals surface area contributed by atoms with E-state index in [0.29, 0.717) is 30.0 Å².